The van der Waals surface area contributed by atoms with Crippen molar-refractivity contribution in [1.29, 1.82) is 0 Å². The quantitative estimate of drug-likeness (QED) is 0.796. The van der Waals surface area contributed by atoms with Gasteiger partial charge in [-0.3, -0.25) is 9.58 Å². The van der Waals surface area contributed by atoms with Crippen molar-refractivity contribution in [1.82, 2.24) is 14.7 Å². The predicted octanol–water partition coefficient (Wildman–Crippen LogP) is 0.226. The molecule has 0 amide bonds. The van der Waals surface area contributed by atoms with E-state index in [2.05, 4.69) is 23.0 Å². The predicted molar refractivity (Wildman–Crippen MR) is 59.9 cm³/mol. The lowest BCUT2D eigenvalue weighted by Crippen LogP contribution is -2.42. The Balaban J connectivity index is 2.12. The van der Waals surface area contributed by atoms with Crippen LogP contribution in [0, 0.1) is 0 Å². The summed E-state index contributed by atoms with van der Waals surface area (Å²) in [6.45, 7) is 5.41. The van der Waals surface area contributed by atoms with Crippen LogP contribution in [0.15, 0.2) is 6.07 Å². The van der Waals surface area contributed by atoms with Crippen molar-refractivity contribution in [2.45, 2.75) is 32.7 Å². The van der Waals surface area contributed by atoms with E-state index in [1.165, 1.54) is 5.69 Å². The molecule has 0 bridgehead atoms. The minimum Gasteiger partial charge on any atom is -0.395 e. The van der Waals surface area contributed by atoms with E-state index < -0.39 is 0 Å². The molecule has 0 aromatic carbocycles. The fourth-order valence-electron chi connectivity index (χ4n) is 2.18. The zero-order valence-corrected chi connectivity index (χ0v) is 9.89. The van der Waals surface area contributed by atoms with Gasteiger partial charge < -0.3 is 9.84 Å². The summed E-state index contributed by atoms with van der Waals surface area (Å²) in [6.07, 6.45) is 0. The van der Waals surface area contributed by atoms with E-state index in [9.17, 15) is 0 Å². The van der Waals surface area contributed by atoms with Gasteiger partial charge in [-0.15, -0.1) is 0 Å². The summed E-state index contributed by atoms with van der Waals surface area (Å²) in [5.41, 5.74) is 2.19. The van der Waals surface area contributed by atoms with Crippen molar-refractivity contribution in [3.63, 3.8) is 0 Å². The maximum Gasteiger partial charge on any atom is 0.0902 e. The Morgan fingerprint density at radius 1 is 1.62 bits per heavy atom. The molecule has 0 saturated carbocycles. The minimum atomic E-state index is 0.212. The first kappa shape index (κ1) is 11.6. The van der Waals surface area contributed by atoms with Gasteiger partial charge >= 0.3 is 0 Å². The molecule has 0 fully saturated rings. The summed E-state index contributed by atoms with van der Waals surface area (Å²) in [5, 5.41) is 13.5. The smallest absolute Gasteiger partial charge is 0.0902 e. The Morgan fingerprint density at radius 2 is 2.44 bits per heavy atom. The Labute approximate surface area is 95.6 Å². The molecule has 5 nitrogen and oxygen atoms in total. The second-order valence-corrected chi connectivity index (χ2v) is 4.29. The third-order valence-corrected chi connectivity index (χ3v) is 3.02. The van der Waals surface area contributed by atoms with Gasteiger partial charge in [0.25, 0.3) is 0 Å². The largest absolute Gasteiger partial charge is 0.395 e. The number of rotatable bonds is 4. The Morgan fingerprint density at radius 3 is 3.12 bits per heavy atom. The van der Waals surface area contributed by atoms with Crippen LogP contribution in [0.5, 0.6) is 0 Å². The average Bonchev–Trinajstić information content (AvgIpc) is 2.61. The van der Waals surface area contributed by atoms with E-state index >= 15 is 0 Å². The van der Waals surface area contributed by atoms with Crippen LogP contribution in [-0.4, -0.2) is 46.1 Å². The number of hydrogen-bond donors (Lipinski definition) is 1. The van der Waals surface area contributed by atoms with Crippen LogP contribution in [0.3, 0.4) is 0 Å². The second-order valence-electron chi connectivity index (χ2n) is 4.29. The van der Waals surface area contributed by atoms with E-state index in [1.54, 1.807) is 7.11 Å². The number of hydrogen-bond acceptors (Lipinski definition) is 4. The van der Waals surface area contributed by atoms with Gasteiger partial charge in [-0.05, 0) is 13.0 Å². The standard InChI is InChI=1S/C11H19N3O2/c1-9-6-14-11(7-13(9)3-4-15)5-10(12-14)8-16-2/h5,9,15H,3-4,6-8H2,1-2H3. The molecule has 0 spiro atoms. The molecule has 5 heteroatoms. The van der Waals surface area contributed by atoms with Crippen LogP contribution in [0.2, 0.25) is 0 Å². The molecule has 1 atom stereocenters. The molecule has 2 rings (SSSR count). The minimum absolute atomic E-state index is 0.212. The summed E-state index contributed by atoms with van der Waals surface area (Å²) in [6, 6.07) is 2.51. The lowest BCUT2D eigenvalue weighted by Gasteiger charge is -2.33. The summed E-state index contributed by atoms with van der Waals surface area (Å²) in [4.78, 5) is 2.27. The fourth-order valence-corrected chi connectivity index (χ4v) is 2.18. The molecule has 1 aromatic rings. The molecule has 1 aliphatic rings. The van der Waals surface area contributed by atoms with Crippen molar-refractivity contribution in [3.8, 4) is 0 Å². The maximum absolute atomic E-state index is 8.99. The Kier molecular flexibility index (Phi) is 3.58. The molecule has 1 aromatic heterocycles. The Bertz CT molecular complexity index is 351. The monoisotopic (exact) mass is 225 g/mol. The van der Waals surface area contributed by atoms with Crippen LogP contribution >= 0.6 is 0 Å². The first-order valence-corrected chi connectivity index (χ1v) is 5.64. The number of fused-ring (bicyclic) bond motifs is 1. The van der Waals surface area contributed by atoms with Crippen LogP contribution in [-0.2, 0) is 24.4 Å². The summed E-state index contributed by atoms with van der Waals surface area (Å²) in [7, 11) is 1.68. The molecule has 1 N–H and O–H groups in total. The van der Waals surface area contributed by atoms with E-state index in [1.807, 2.05) is 4.68 Å². The third kappa shape index (κ3) is 2.26. The average molecular weight is 225 g/mol. The highest BCUT2D eigenvalue weighted by atomic mass is 16.5. The van der Waals surface area contributed by atoms with Gasteiger partial charge in [0.1, 0.15) is 0 Å². The molecule has 0 saturated heterocycles. The second kappa shape index (κ2) is 4.95. The van der Waals surface area contributed by atoms with E-state index in [0.29, 0.717) is 12.6 Å². The van der Waals surface area contributed by atoms with Gasteiger partial charge in [-0.25, -0.2) is 0 Å². The van der Waals surface area contributed by atoms with Crippen molar-refractivity contribution in [2.75, 3.05) is 20.3 Å². The van der Waals surface area contributed by atoms with Gasteiger partial charge in [0, 0.05) is 26.2 Å². The van der Waals surface area contributed by atoms with E-state index in [4.69, 9.17) is 9.84 Å². The van der Waals surface area contributed by atoms with Crippen molar-refractivity contribution in [2.24, 2.45) is 0 Å². The van der Waals surface area contributed by atoms with Gasteiger partial charge in [-0.2, -0.15) is 5.10 Å². The normalized spacial score (nSPS) is 21.1. The number of aliphatic hydroxyl groups excluding tert-OH is 1. The van der Waals surface area contributed by atoms with Gasteiger partial charge in [0.2, 0.25) is 0 Å². The molecule has 16 heavy (non-hydrogen) atoms. The third-order valence-electron chi connectivity index (χ3n) is 3.02. The Hall–Kier alpha value is -0.910. The topological polar surface area (TPSA) is 50.5 Å². The lowest BCUT2D eigenvalue weighted by atomic mass is 10.2. The summed E-state index contributed by atoms with van der Waals surface area (Å²) in [5.74, 6) is 0. The molecule has 1 unspecified atom stereocenters. The van der Waals surface area contributed by atoms with Gasteiger partial charge in [0.05, 0.1) is 31.1 Å². The van der Waals surface area contributed by atoms with Crippen LogP contribution < -0.4 is 0 Å². The van der Waals surface area contributed by atoms with E-state index in [0.717, 1.165) is 25.3 Å². The van der Waals surface area contributed by atoms with E-state index in [-0.39, 0.29) is 6.61 Å². The number of β-amino-alcohol motifs (C(OH)–C–C–N with tert-alkyl or cyclic N) is 1. The molecular weight excluding hydrogens is 206 g/mol. The van der Waals surface area contributed by atoms with Crippen LogP contribution in [0.1, 0.15) is 18.3 Å². The highest BCUT2D eigenvalue weighted by Crippen LogP contribution is 2.18. The highest BCUT2D eigenvalue weighted by molar-refractivity contribution is 5.12. The molecule has 90 valence electrons. The first-order chi connectivity index (χ1) is 7.74. The lowest BCUT2D eigenvalue weighted by molar-refractivity contribution is 0.114. The maximum atomic E-state index is 8.99. The van der Waals surface area contributed by atoms with Crippen molar-refractivity contribution >= 4 is 0 Å². The number of aliphatic hydroxyl groups is 1. The number of aromatic nitrogens is 2. The molecular formula is C11H19N3O2. The summed E-state index contributed by atoms with van der Waals surface area (Å²) < 4.78 is 7.13. The summed E-state index contributed by atoms with van der Waals surface area (Å²) >= 11 is 0. The molecule has 1 aliphatic heterocycles. The van der Waals surface area contributed by atoms with Crippen LogP contribution in [0.4, 0.5) is 0 Å². The van der Waals surface area contributed by atoms with Crippen LogP contribution in [0.25, 0.3) is 0 Å². The highest BCUT2D eigenvalue weighted by Gasteiger charge is 2.23. The number of methoxy groups -OCH3 is 1. The number of nitrogens with zero attached hydrogens (tertiary/aromatic N) is 3. The molecule has 2 heterocycles. The van der Waals surface area contributed by atoms with Crippen molar-refractivity contribution in [3.05, 3.63) is 17.5 Å². The van der Waals surface area contributed by atoms with Gasteiger partial charge in [0.15, 0.2) is 0 Å². The SMILES string of the molecule is COCc1cc2n(n1)CC(C)N(CCO)C2. The fraction of sp³-hybridized carbons (Fsp3) is 0.727. The van der Waals surface area contributed by atoms with Crippen molar-refractivity contribution < 1.29 is 9.84 Å². The zero-order valence-electron chi connectivity index (χ0n) is 9.89. The molecule has 0 radical (unpaired) electrons. The zero-order chi connectivity index (χ0) is 11.5. The first-order valence-electron chi connectivity index (χ1n) is 5.64. The molecule has 0 aliphatic carbocycles. The van der Waals surface area contributed by atoms with Gasteiger partial charge in [-0.1, -0.05) is 0 Å². The number of ether oxygens (including phenoxy) is 1.